The maximum Gasteiger partial charge on any atom is 0.121 e. The predicted molar refractivity (Wildman–Crippen MR) is 138 cm³/mol. The molecule has 32 heavy (non-hydrogen) atoms. The molecule has 1 nitrogen and oxygen atoms in total. The Morgan fingerprint density at radius 1 is 0.688 bits per heavy atom. The smallest absolute Gasteiger partial charge is 0.121 e. The molecule has 1 aliphatic rings. The first-order valence-corrected chi connectivity index (χ1v) is 13.2. The molecule has 1 unspecified atom stereocenters. The minimum absolute atomic E-state index is 0.268. The van der Waals surface area contributed by atoms with Crippen LogP contribution >= 0.6 is 0 Å². The molecule has 0 spiro atoms. The summed E-state index contributed by atoms with van der Waals surface area (Å²) in [6.45, 7) is 4.61. The Morgan fingerprint density at radius 3 is 1.75 bits per heavy atom. The third kappa shape index (κ3) is 6.58. The van der Waals surface area contributed by atoms with Crippen molar-refractivity contribution < 1.29 is 4.74 Å². The van der Waals surface area contributed by atoms with Crippen LogP contribution in [0.3, 0.4) is 0 Å². The van der Waals surface area contributed by atoms with Gasteiger partial charge in [0.15, 0.2) is 0 Å². The monoisotopic (exact) mass is 432 g/mol. The zero-order valence-corrected chi connectivity index (χ0v) is 20.5. The molecule has 1 heteroatoms. The Labute approximate surface area is 197 Å². The third-order valence-electron chi connectivity index (χ3n) is 7.11. The van der Waals surface area contributed by atoms with Crippen LogP contribution in [0.4, 0.5) is 0 Å². The van der Waals surface area contributed by atoms with Gasteiger partial charge in [0, 0.05) is 0 Å². The van der Waals surface area contributed by atoms with Crippen LogP contribution in [-0.2, 0) is 10.3 Å². The van der Waals surface area contributed by atoms with E-state index >= 15 is 0 Å². The van der Waals surface area contributed by atoms with Gasteiger partial charge < -0.3 is 4.74 Å². The fourth-order valence-electron chi connectivity index (χ4n) is 5.37. The third-order valence-corrected chi connectivity index (χ3v) is 7.11. The fraction of sp³-hybridized carbons (Fsp3) is 0.548. The first-order chi connectivity index (χ1) is 15.8. The van der Waals surface area contributed by atoms with Gasteiger partial charge in [0.05, 0.1) is 6.10 Å². The number of ether oxygens (including phenoxy) is 1. The molecule has 0 radical (unpaired) electrons. The molecule has 2 aromatic carbocycles. The molecule has 0 N–H and O–H groups in total. The van der Waals surface area contributed by atoms with Crippen LogP contribution in [0.5, 0.6) is 0 Å². The fourth-order valence-corrected chi connectivity index (χ4v) is 5.37. The maximum absolute atomic E-state index is 7.26. The Hall–Kier alpha value is -1.86. The van der Waals surface area contributed by atoms with Gasteiger partial charge in [-0.1, -0.05) is 138 Å². The van der Waals surface area contributed by atoms with E-state index in [-0.39, 0.29) is 11.7 Å². The van der Waals surface area contributed by atoms with Crippen LogP contribution in [0.25, 0.3) is 0 Å². The van der Waals surface area contributed by atoms with E-state index in [2.05, 4.69) is 86.7 Å². The standard InChI is InChI=1S/C31H44O/c1-3-5-7-8-9-12-20-27(19-6-4-2)31(28-21-13-10-14-22-28,29-23-15-11-16-24-29)32-30-25-17-18-26-30/h10-11,13-18,21-24,27,30H,3-9,12,19-20,25-26H2,1-2H3. The van der Waals surface area contributed by atoms with Gasteiger partial charge in [-0.3, -0.25) is 0 Å². The lowest BCUT2D eigenvalue weighted by atomic mass is 9.71. The zero-order chi connectivity index (χ0) is 22.5. The molecule has 1 atom stereocenters. The summed E-state index contributed by atoms with van der Waals surface area (Å²) < 4.78 is 7.26. The highest BCUT2D eigenvalue weighted by Gasteiger charge is 2.44. The van der Waals surface area contributed by atoms with E-state index in [1.54, 1.807) is 0 Å². The summed E-state index contributed by atoms with van der Waals surface area (Å²) in [5.74, 6) is 0.485. The SMILES string of the molecule is CCCCCCCCC(CCCC)C(OC1CC=CC1)(c1ccccc1)c1ccccc1. The van der Waals surface area contributed by atoms with Gasteiger partial charge in [0.1, 0.15) is 5.60 Å². The lowest BCUT2D eigenvalue weighted by molar-refractivity contribution is -0.108. The Kier molecular flexibility index (Phi) is 10.6. The molecule has 2 aromatic rings. The van der Waals surface area contributed by atoms with E-state index in [0.717, 1.165) is 12.8 Å². The molecule has 0 heterocycles. The summed E-state index contributed by atoms with van der Waals surface area (Å²) in [7, 11) is 0. The van der Waals surface area contributed by atoms with Gasteiger partial charge in [-0.15, -0.1) is 0 Å². The number of hydrogen-bond donors (Lipinski definition) is 0. The molecule has 3 rings (SSSR count). The molecule has 1 aliphatic carbocycles. The molecule has 174 valence electrons. The molecular weight excluding hydrogens is 388 g/mol. The van der Waals surface area contributed by atoms with Crippen LogP contribution in [0.15, 0.2) is 72.8 Å². The summed E-state index contributed by atoms with van der Waals surface area (Å²) in [4.78, 5) is 0. The summed E-state index contributed by atoms with van der Waals surface area (Å²) in [6, 6.07) is 22.2. The Bertz CT molecular complexity index is 716. The average molecular weight is 433 g/mol. The second-order valence-electron chi connectivity index (χ2n) is 9.55. The molecule has 0 aromatic heterocycles. The maximum atomic E-state index is 7.26. The second kappa shape index (κ2) is 13.6. The van der Waals surface area contributed by atoms with Crippen molar-refractivity contribution in [2.75, 3.05) is 0 Å². The van der Waals surface area contributed by atoms with E-state index in [4.69, 9.17) is 4.74 Å². The van der Waals surface area contributed by atoms with Crippen molar-refractivity contribution in [2.24, 2.45) is 5.92 Å². The number of rotatable bonds is 15. The van der Waals surface area contributed by atoms with Gasteiger partial charge in [-0.2, -0.15) is 0 Å². The van der Waals surface area contributed by atoms with Crippen molar-refractivity contribution in [3.8, 4) is 0 Å². The number of unbranched alkanes of at least 4 members (excludes halogenated alkanes) is 6. The van der Waals surface area contributed by atoms with Crippen LogP contribution < -0.4 is 0 Å². The normalized spacial score (nSPS) is 15.3. The largest absolute Gasteiger partial charge is 0.361 e. The van der Waals surface area contributed by atoms with E-state index in [0.29, 0.717) is 5.92 Å². The van der Waals surface area contributed by atoms with Gasteiger partial charge in [0.25, 0.3) is 0 Å². The molecule has 0 bridgehead atoms. The topological polar surface area (TPSA) is 9.23 Å². The van der Waals surface area contributed by atoms with Gasteiger partial charge >= 0.3 is 0 Å². The van der Waals surface area contributed by atoms with Crippen molar-refractivity contribution >= 4 is 0 Å². The first kappa shape index (κ1) is 24.8. The van der Waals surface area contributed by atoms with Crippen molar-refractivity contribution in [3.63, 3.8) is 0 Å². The van der Waals surface area contributed by atoms with Crippen LogP contribution in [0.1, 0.15) is 102 Å². The van der Waals surface area contributed by atoms with Crippen molar-refractivity contribution in [1.29, 1.82) is 0 Å². The average Bonchev–Trinajstić information content (AvgIpc) is 3.36. The summed E-state index contributed by atoms with van der Waals surface area (Å²) in [5.41, 5.74) is 2.27. The number of hydrogen-bond acceptors (Lipinski definition) is 1. The minimum Gasteiger partial charge on any atom is -0.361 e. The van der Waals surface area contributed by atoms with Gasteiger partial charge in [-0.25, -0.2) is 0 Å². The Balaban J connectivity index is 1.95. The van der Waals surface area contributed by atoms with Crippen molar-refractivity contribution in [1.82, 2.24) is 0 Å². The van der Waals surface area contributed by atoms with Gasteiger partial charge in [-0.05, 0) is 42.7 Å². The summed E-state index contributed by atoms with van der Waals surface area (Å²) in [6.07, 6.45) is 19.9. The first-order valence-electron chi connectivity index (χ1n) is 13.2. The summed E-state index contributed by atoms with van der Waals surface area (Å²) in [5, 5.41) is 0. The quantitative estimate of drug-likeness (QED) is 0.201. The van der Waals surface area contributed by atoms with Crippen molar-refractivity contribution in [2.45, 2.75) is 103 Å². The molecular formula is C31H44O. The van der Waals surface area contributed by atoms with E-state index in [9.17, 15) is 0 Å². The lowest BCUT2D eigenvalue weighted by Crippen LogP contribution is -2.42. The zero-order valence-electron chi connectivity index (χ0n) is 20.5. The Morgan fingerprint density at radius 2 is 1.19 bits per heavy atom. The lowest BCUT2D eigenvalue weighted by Gasteiger charge is -2.44. The minimum atomic E-state index is -0.377. The van der Waals surface area contributed by atoms with Crippen LogP contribution in [0.2, 0.25) is 0 Å². The molecule has 0 aliphatic heterocycles. The summed E-state index contributed by atoms with van der Waals surface area (Å²) >= 11 is 0. The van der Waals surface area contributed by atoms with Crippen LogP contribution in [0, 0.1) is 5.92 Å². The predicted octanol–water partition coefficient (Wildman–Crippen LogP) is 9.22. The van der Waals surface area contributed by atoms with Crippen molar-refractivity contribution in [3.05, 3.63) is 83.9 Å². The highest BCUT2D eigenvalue weighted by Crippen LogP contribution is 2.47. The van der Waals surface area contributed by atoms with E-state index in [1.165, 1.54) is 75.3 Å². The number of benzene rings is 2. The molecule has 0 amide bonds. The molecule has 0 saturated carbocycles. The van der Waals surface area contributed by atoms with E-state index < -0.39 is 0 Å². The van der Waals surface area contributed by atoms with Gasteiger partial charge in [0.2, 0.25) is 0 Å². The highest BCUT2D eigenvalue weighted by atomic mass is 16.5. The molecule has 0 saturated heterocycles. The second-order valence-corrected chi connectivity index (χ2v) is 9.55. The van der Waals surface area contributed by atoms with E-state index in [1.807, 2.05) is 0 Å². The molecule has 0 fully saturated rings. The van der Waals surface area contributed by atoms with Crippen LogP contribution in [-0.4, -0.2) is 6.10 Å². The highest BCUT2D eigenvalue weighted by molar-refractivity contribution is 5.38.